The average Bonchev–Trinajstić information content (AvgIpc) is 4.09. The number of nitrogens with zero attached hydrogens (tertiary/aromatic N) is 2. The zero-order valence-corrected chi connectivity index (χ0v) is 34.1. The van der Waals surface area contributed by atoms with Crippen molar-refractivity contribution in [3.63, 3.8) is 0 Å². The van der Waals surface area contributed by atoms with Crippen LogP contribution in [0.25, 0.3) is 10.8 Å². The second-order valence-electron chi connectivity index (χ2n) is 16.5. The molecule has 0 bridgehead atoms. The van der Waals surface area contributed by atoms with Crippen LogP contribution >= 0.6 is 0 Å². The number of ether oxygens (including phenoxy) is 3. The van der Waals surface area contributed by atoms with Crippen molar-refractivity contribution < 1.29 is 63.5 Å². The topological polar surface area (TPSA) is 182 Å². The molecule has 324 valence electrons. The number of pyridine rings is 1. The summed E-state index contributed by atoms with van der Waals surface area (Å²) in [5, 5.41) is 5.64. The monoisotopic (exact) mass is 856 g/mol. The average molecular weight is 857 g/mol. The van der Waals surface area contributed by atoms with Crippen LogP contribution in [0.5, 0.6) is 11.6 Å². The third-order valence-electron chi connectivity index (χ3n) is 11.8. The maximum atomic E-state index is 14.9. The maximum Gasteiger partial charge on any atom is 0.427 e. The van der Waals surface area contributed by atoms with Gasteiger partial charge < -0.3 is 29.7 Å². The van der Waals surface area contributed by atoms with E-state index in [1.54, 1.807) is 19.1 Å². The Morgan fingerprint density at radius 1 is 1.15 bits per heavy atom. The minimum atomic E-state index is -4.97. The largest absolute Gasteiger partial charge is 0.494 e. The zero-order valence-electron chi connectivity index (χ0n) is 36.3. The van der Waals surface area contributed by atoms with Crippen molar-refractivity contribution in [2.45, 2.75) is 126 Å². The van der Waals surface area contributed by atoms with Crippen molar-refractivity contribution in [2.24, 2.45) is 17.8 Å². The molecule has 59 heavy (non-hydrogen) atoms. The predicted molar refractivity (Wildman–Crippen MR) is 206 cm³/mol. The molecule has 3 N–H and O–H groups in total. The number of aromatic nitrogens is 1. The van der Waals surface area contributed by atoms with E-state index in [0.29, 0.717) is 44.2 Å². The first-order valence-electron chi connectivity index (χ1n) is 21.0. The molecule has 7 atom stereocenters. The first-order valence-corrected chi connectivity index (χ1v) is 21.0. The summed E-state index contributed by atoms with van der Waals surface area (Å²) in [6.07, 6.45) is -2.07. The van der Waals surface area contributed by atoms with Gasteiger partial charge in [0.2, 0.25) is 33.3 Å². The van der Waals surface area contributed by atoms with Gasteiger partial charge in [0.15, 0.2) is 0 Å². The number of alkyl halides is 3. The van der Waals surface area contributed by atoms with Gasteiger partial charge in [-0.15, -0.1) is 0 Å². The Hall–Kier alpha value is -4.68. The van der Waals surface area contributed by atoms with Gasteiger partial charge >= 0.3 is 12.3 Å². The van der Waals surface area contributed by atoms with Crippen LogP contribution in [0.3, 0.4) is 0 Å². The summed E-state index contributed by atoms with van der Waals surface area (Å²) >= 11 is 0. The van der Waals surface area contributed by atoms with Crippen LogP contribution in [0.4, 0.5) is 22.4 Å². The number of alkyl carbamates (subject to hydrolysis) is 1. The van der Waals surface area contributed by atoms with Gasteiger partial charge in [-0.3, -0.25) is 19.1 Å². The number of benzene rings is 1. The fourth-order valence-corrected chi connectivity index (χ4v) is 9.01. The molecule has 1 aromatic heterocycles. The number of carbonyl (C=O) groups excluding carboxylic acids is 4. The second-order valence-corrected chi connectivity index (χ2v) is 18.5. The van der Waals surface area contributed by atoms with E-state index in [2.05, 4.69) is 15.6 Å². The fourth-order valence-electron chi connectivity index (χ4n) is 7.75. The Balaban J connectivity index is 1.39. The molecule has 6 rings (SSSR count). The lowest BCUT2D eigenvalue weighted by Crippen LogP contribution is -2.60. The van der Waals surface area contributed by atoms with Crippen molar-refractivity contribution in [3.05, 3.63) is 42.4 Å². The van der Waals surface area contributed by atoms with Crippen LogP contribution < -0.4 is 24.8 Å². The van der Waals surface area contributed by atoms with E-state index < -0.39 is 98.6 Å². The number of hydrogen-bond acceptors (Lipinski definition) is 10. The molecule has 3 heterocycles. The van der Waals surface area contributed by atoms with Crippen LogP contribution in [0.15, 0.2) is 36.5 Å². The van der Waals surface area contributed by atoms with E-state index in [0.717, 1.165) is 11.0 Å². The number of halogens is 4. The lowest BCUT2D eigenvalue weighted by Gasteiger charge is -2.35. The molecule has 4 amide bonds. The van der Waals surface area contributed by atoms with Crippen LogP contribution in [-0.4, -0.2) is 96.0 Å². The highest BCUT2D eigenvalue weighted by molar-refractivity contribution is 7.91. The molecule has 1 saturated heterocycles. The lowest BCUT2D eigenvalue weighted by molar-refractivity contribution is -0.244. The van der Waals surface area contributed by atoms with Crippen LogP contribution in [0, 0.1) is 23.6 Å². The number of sulfonamides is 1. The summed E-state index contributed by atoms with van der Waals surface area (Å²) in [6.45, 7) is 1.61. The molecular formula is C40H51F4N5O9S. The van der Waals surface area contributed by atoms with Crippen molar-refractivity contribution in [1.29, 1.82) is 0 Å². The summed E-state index contributed by atoms with van der Waals surface area (Å²) in [4.78, 5) is 62.2. The minimum absolute atomic E-state index is 0.0796. The minimum Gasteiger partial charge on any atom is -0.494 e. The molecule has 0 spiro atoms. The first kappa shape index (κ1) is 39.8. The molecule has 1 aromatic carbocycles. The third-order valence-corrected chi connectivity index (χ3v) is 13.7. The highest BCUT2D eigenvalue weighted by atomic mass is 32.2. The molecule has 19 heteroatoms. The molecule has 0 radical (unpaired) electrons. The molecule has 14 nitrogen and oxygen atoms in total. The molecular weight excluding hydrogens is 803 g/mol. The Kier molecular flexibility index (Phi) is 10.8. The Morgan fingerprint density at radius 3 is 2.53 bits per heavy atom. The zero-order chi connectivity index (χ0) is 45.8. The van der Waals surface area contributed by atoms with E-state index in [4.69, 9.17) is 18.3 Å². The van der Waals surface area contributed by atoms with E-state index in [9.17, 15) is 45.2 Å². The number of rotatable bonds is 9. The summed E-state index contributed by atoms with van der Waals surface area (Å²) in [5.74, 6) is -4.98. The third kappa shape index (κ3) is 8.94. The SMILES string of the molecule is [2H]C([2H])([2H])C1(S(=O)(=O)NC(=O)[C@@]23C[C@H]2/C=C\CC[C@@H](C)C[C@@H](CC)[C@H](NC(=O)OC(C)(C)C(F)(F)F)C(=O)N2C[C@H](Oc4ncc(OC)c5ccc(F)cc45)C[C@H]2C(=O)N3)CC1. The Bertz CT molecular complexity index is 2240. The second kappa shape index (κ2) is 16.1. The van der Waals surface area contributed by atoms with Gasteiger partial charge in [0, 0.05) is 21.8 Å². The molecule has 2 saturated carbocycles. The van der Waals surface area contributed by atoms with Crippen LogP contribution in [0.1, 0.15) is 90.0 Å². The number of nitrogens with one attached hydrogen (secondary N) is 3. The summed E-state index contributed by atoms with van der Waals surface area (Å²) in [5.41, 5.74) is -4.84. The van der Waals surface area contributed by atoms with Gasteiger partial charge in [-0.2, -0.15) is 13.2 Å². The van der Waals surface area contributed by atoms with Crippen molar-refractivity contribution in [2.75, 3.05) is 13.7 Å². The van der Waals surface area contributed by atoms with Gasteiger partial charge in [-0.25, -0.2) is 22.6 Å². The van der Waals surface area contributed by atoms with Crippen LogP contribution in [0.2, 0.25) is 0 Å². The van der Waals surface area contributed by atoms with E-state index in [1.165, 1.54) is 25.4 Å². The standard InChI is InChI=1S/C40H51F4N5O9S/c1-7-23-16-22(2)10-8-9-11-24-19-39(24,35(52)48-59(54,55)38(5)14-15-38)47-32(50)29-18-26(57-33-28-17-25(41)12-13-27(28)30(56-6)20-45-33)21-49(29)34(51)31(23)46-36(53)58-37(3,4)40(42,43)44/h9,11-13,17,20,22-24,26,29,31H,7-8,10,14-16,18-19,21H2,1-6H3,(H,46,53)(H,47,50)(H,48,52)/b11-9-/t22-,23-,24-,26-,29+,31+,39-/m1/s1/i5D3. The van der Waals surface area contributed by atoms with Gasteiger partial charge in [-0.05, 0) is 89.3 Å². The van der Waals surface area contributed by atoms with E-state index in [1.807, 2.05) is 11.6 Å². The smallest absolute Gasteiger partial charge is 0.427 e. The molecule has 2 aliphatic heterocycles. The number of amides is 4. The van der Waals surface area contributed by atoms with Gasteiger partial charge in [0.05, 0.1) is 30.0 Å². The van der Waals surface area contributed by atoms with Crippen molar-refractivity contribution in [1.82, 2.24) is 25.2 Å². The van der Waals surface area contributed by atoms with E-state index in [-0.39, 0.29) is 55.8 Å². The quantitative estimate of drug-likeness (QED) is 0.217. The number of hydrogen-bond donors (Lipinski definition) is 3. The number of fused-ring (bicyclic) bond motifs is 3. The molecule has 2 aromatic rings. The summed E-state index contributed by atoms with van der Waals surface area (Å²) in [7, 11) is -3.40. The summed E-state index contributed by atoms with van der Waals surface area (Å²) < 4.78 is 123. The normalized spacial score (nSPS) is 30.1. The molecule has 3 fully saturated rings. The number of carbonyl (C=O) groups is 4. The van der Waals surface area contributed by atoms with Crippen molar-refractivity contribution >= 4 is 44.6 Å². The number of methoxy groups -OCH3 is 1. The maximum absolute atomic E-state index is 14.9. The highest BCUT2D eigenvalue weighted by Crippen LogP contribution is 2.48. The van der Waals surface area contributed by atoms with Gasteiger partial charge in [0.1, 0.15) is 35.3 Å². The van der Waals surface area contributed by atoms with Gasteiger partial charge in [0.25, 0.3) is 5.91 Å². The molecule has 4 aliphatic rings. The van der Waals surface area contributed by atoms with Crippen LogP contribution in [-0.2, 0) is 29.1 Å². The number of allylic oxidation sites excluding steroid dienone is 1. The Labute approximate surface area is 344 Å². The predicted octanol–water partition coefficient (Wildman–Crippen LogP) is 5.44. The van der Waals surface area contributed by atoms with Gasteiger partial charge in [-0.1, -0.05) is 32.4 Å². The molecule has 2 aliphatic carbocycles. The molecule has 0 unspecified atom stereocenters. The fraction of sp³-hybridized carbons (Fsp3) is 0.625. The highest BCUT2D eigenvalue weighted by Gasteiger charge is 2.63. The summed E-state index contributed by atoms with van der Waals surface area (Å²) in [6, 6.07) is 0.776. The van der Waals surface area contributed by atoms with Crippen molar-refractivity contribution in [3.8, 4) is 11.6 Å². The lowest BCUT2D eigenvalue weighted by atomic mass is 9.85. The Morgan fingerprint density at radius 2 is 1.88 bits per heavy atom. The van der Waals surface area contributed by atoms with E-state index >= 15 is 0 Å². The first-order chi connectivity index (χ1) is 28.8.